The van der Waals surface area contributed by atoms with Gasteiger partial charge in [0.25, 0.3) is 11.8 Å². The van der Waals surface area contributed by atoms with Gasteiger partial charge in [-0.2, -0.15) is 0 Å². The third-order valence-corrected chi connectivity index (χ3v) is 5.67. The van der Waals surface area contributed by atoms with Crippen molar-refractivity contribution in [1.29, 1.82) is 0 Å². The lowest BCUT2D eigenvalue weighted by Crippen LogP contribution is -2.33. The fraction of sp³-hybridized carbons (Fsp3) is 0.185. The zero-order chi connectivity index (χ0) is 23.0. The molecule has 1 N–H and O–H groups in total. The van der Waals surface area contributed by atoms with Gasteiger partial charge in [0.1, 0.15) is 11.4 Å². The Kier molecular flexibility index (Phi) is 5.57. The summed E-state index contributed by atoms with van der Waals surface area (Å²) in [5, 5.41) is 3.20. The summed E-state index contributed by atoms with van der Waals surface area (Å²) in [4.78, 5) is 28.6. The minimum absolute atomic E-state index is 0.259. The number of methoxy groups -OCH3 is 1. The van der Waals surface area contributed by atoms with Crippen LogP contribution in [0.15, 0.2) is 66.4 Å². The number of benzene rings is 3. The third-order valence-electron chi connectivity index (χ3n) is 5.67. The summed E-state index contributed by atoms with van der Waals surface area (Å²) in [6.45, 7) is 7.85. The van der Waals surface area contributed by atoms with Gasteiger partial charge in [-0.1, -0.05) is 47.5 Å². The Morgan fingerprint density at radius 1 is 0.781 bits per heavy atom. The van der Waals surface area contributed by atoms with Crippen LogP contribution in [0, 0.1) is 27.7 Å². The number of ether oxygens (including phenoxy) is 1. The van der Waals surface area contributed by atoms with E-state index in [9.17, 15) is 9.59 Å². The SMILES string of the molecule is COc1cccc(NC2=C(c3ccc(C)cc3C)C(=O)N(c3ccc(C)cc3C)C2=O)c1. The van der Waals surface area contributed by atoms with Gasteiger partial charge in [0, 0.05) is 11.8 Å². The Morgan fingerprint density at radius 2 is 1.47 bits per heavy atom. The average Bonchev–Trinajstić information content (AvgIpc) is 2.98. The molecule has 0 radical (unpaired) electrons. The maximum atomic E-state index is 13.7. The van der Waals surface area contributed by atoms with E-state index in [1.165, 1.54) is 4.90 Å². The second-order valence-corrected chi connectivity index (χ2v) is 8.16. The number of carbonyl (C=O) groups is 2. The number of carbonyl (C=O) groups excluding carboxylic acids is 2. The van der Waals surface area contributed by atoms with E-state index in [1.54, 1.807) is 13.2 Å². The first-order valence-electron chi connectivity index (χ1n) is 10.5. The van der Waals surface area contributed by atoms with Crippen molar-refractivity contribution in [2.45, 2.75) is 27.7 Å². The van der Waals surface area contributed by atoms with E-state index in [1.807, 2.05) is 82.3 Å². The Bertz CT molecular complexity index is 1270. The summed E-state index contributed by atoms with van der Waals surface area (Å²) in [6, 6.07) is 18.9. The highest BCUT2D eigenvalue weighted by molar-refractivity contribution is 6.46. The van der Waals surface area contributed by atoms with E-state index in [0.29, 0.717) is 22.7 Å². The van der Waals surface area contributed by atoms with Crippen molar-refractivity contribution >= 4 is 28.8 Å². The third kappa shape index (κ3) is 3.78. The number of anilines is 2. The topological polar surface area (TPSA) is 58.6 Å². The van der Waals surface area contributed by atoms with Gasteiger partial charge in [-0.05, 0) is 62.6 Å². The Labute approximate surface area is 188 Å². The summed E-state index contributed by atoms with van der Waals surface area (Å²) in [6.07, 6.45) is 0. The zero-order valence-electron chi connectivity index (χ0n) is 18.9. The molecule has 0 saturated carbocycles. The maximum Gasteiger partial charge on any atom is 0.282 e. The smallest absolute Gasteiger partial charge is 0.282 e. The zero-order valence-corrected chi connectivity index (χ0v) is 18.9. The van der Waals surface area contributed by atoms with Crippen LogP contribution in [-0.4, -0.2) is 18.9 Å². The van der Waals surface area contributed by atoms with Crippen LogP contribution in [-0.2, 0) is 9.59 Å². The minimum atomic E-state index is -0.375. The van der Waals surface area contributed by atoms with Crippen molar-refractivity contribution in [3.63, 3.8) is 0 Å². The molecule has 3 aromatic rings. The second-order valence-electron chi connectivity index (χ2n) is 8.16. The maximum absolute atomic E-state index is 13.7. The number of hydrogen-bond acceptors (Lipinski definition) is 4. The Balaban J connectivity index is 1.87. The molecule has 1 aliphatic rings. The van der Waals surface area contributed by atoms with Crippen molar-refractivity contribution in [1.82, 2.24) is 0 Å². The van der Waals surface area contributed by atoms with Crippen LogP contribution in [0.1, 0.15) is 27.8 Å². The largest absolute Gasteiger partial charge is 0.497 e. The van der Waals surface area contributed by atoms with Gasteiger partial charge in [-0.15, -0.1) is 0 Å². The number of amides is 2. The molecule has 0 atom stereocenters. The van der Waals surface area contributed by atoms with E-state index in [2.05, 4.69) is 5.32 Å². The lowest BCUT2D eigenvalue weighted by Gasteiger charge is -2.18. The summed E-state index contributed by atoms with van der Waals surface area (Å²) < 4.78 is 5.31. The van der Waals surface area contributed by atoms with Gasteiger partial charge in [-0.3, -0.25) is 9.59 Å². The normalized spacial score (nSPS) is 13.7. The highest BCUT2D eigenvalue weighted by Crippen LogP contribution is 2.36. The van der Waals surface area contributed by atoms with E-state index in [4.69, 9.17) is 4.74 Å². The average molecular weight is 427 g/mol. The van der Waals surface area contributed by atoms with Gasteiger partial charge >= 0.3 is 0 Å². The summed E-state index contributed by atoms with van der Waals surface area (Å²) in [5.41, 5.74) is 6.61. The molecule has 0 aromatic heterocycles. The molecule has 3 aromatic carbocycles. The highest BCUT2D eigenvalue weighted by atomic mass is 16.5. The van der Waals surface area contributed by atoms with Crippen LogP contribution in [0.4, 0.5) is 11.4 Å². The molecule has 5 nitrogen and oxygen atoms in total. The molecule has 0 saturated heterocycles. The Hall–Kier alpha value is -3.86. The van der Waals surface area contributed by atoms with Crippen molar-refractivity contribution in [3.05, 3.63) is 94.2 Å². The molecule has 1 heterocycles. The first-order chi connectivity index (χ1) is 15.3. The summed E-state index contributed by atoms with van der Waals surface area (Å²) in [5.74, 6) is -0.0503. The number of hydrogen-bond donors (Lipinski definition) is 1. The van der Waals surface area contributed by atoms with Crippen LogP contribution >= 0.6 is 0 Å². The summed E-state index contributed by atoms with van der Waals surface area (Å²) >= 11 is 0. The standard InChI is InChI=1S/C27H26N2O3/c1-16-9-11-22(18(3)13-16)24-25(28-20-7-6-8-21(15-20)32-5)27(31)29(26(24)30)23-12-10-17(2)14-19(23)4/h6-15,28H,1-5H3. The van der Waals surface area contributed by atoms with Gasteiger partial charge in [-0.25, -0.2) is 4.90 Å². The predicted molar refractivity (Wildman–Crippen MR) is 128 cm³/mol. The quantitative estimate of drug-likeness (QED) is 0.561. The van der Waals surface area contributed by atoms with Crippen LogP contribution in [0.3, 0.4) is 0 Å². The molecule has 2 amide bonds. The van der Waals surface area contributed by atoms with Gasteiger partial charge in [0.2, 0.25) is 0 Å². The van der Waals surface area contributed by atoms with Gasteiger partial charge < -0.3 is 10.1 Å². The van der Waals surface area contributed by atoms with E-state index in [0.717, 1.165) is 27.8 Å². The molecule has 5 heteroatoms. The number of imide groups is 1. The lowest BCUT2D eigenvalue weighted by atomic mass is 9.97. The molecular weight excluding hydrogens is 400 g/mol. The molecule has 32 heavy (non-hydrogen) atoms. The van der Waals surface area contributed by atoms with E-state index >= 15 is 0 Å². The molecule has 0 spiro atoms. The fourth-order valence-electron chi connectivity index (χ4n) is 4.11. The molecule has 0 unspecified atom stereocenters. The summed E-state index contributed by atoms with van der Waals surface area (Å²) in [7, 11) is 1.59. The number of aryl methyl sites for hydroxylation is 4. The minimum Gasteiger partial charge on any atom is -0.497 e. The van der Waals surface area contributed by atoms with Crippen LogP contribution < -0.4 is 15.0 Å². The van der Waals surface area contributed by atoms with Gasteiger partial charge in [0.15, 0.2) is 0 Å². The predicted octanol–water partition coefficient (Wildman–Crippen LogP) is 5.33. The highest BCUT2D eigenvalue weighted by Gasteiger charge is 2.41. The molecule has 162 valence electrons. The van der Waals surface area contributed by atoms with Crippen molar-refractivity contribution in [2.24, 2.45) is 0 Å². The molecular formula is C27H26N2O3. The molecule has 0 fully saturated rings. The van der Waals surface area contributed by atoms with E-state index < -0.39 is 0 Å². The van der Waals surface area contributed by atoms with Crippen molar-refractivity contribution in [3.8, 4) is 5.75 Å². The first kappa shape index (κ1) is 21.4. The number of rotatable bonds is 5. The molecule has 1 aliphatic heterocycles. The molecule has 4 rings (SSSR count). The van der Waals surface area contributed by atoms with Crippen LogP contribution in [0.5, 0.6) is 5.75 Å². The molecule has 0 bridgehead atoms. The number of nitrogens with one attached hydrogen (secondary N) is 1. The first-order valence-corrected chi connectivity index (χ1v) is 10.5. The molecule has 0 aliphatic carbocycles. The second kappa shape index (κ2) is 8.35. The fourth-order valence-corrected chi connectivity index (χ4v) is 4.11. The monoisotopic (exact) mass is 426 g/mol. The van der Waals surface area contributed by atoms with Crippen molar-refractivity contribution < 1.29 is 14.3 Å². The van der Waals surface area contributed by atoms with Crippen LogP contribution in [0.2, 0.25) is 0 Å². The van der Waals surface area contributed by atoms with Crippen molar-refractivity contribution in [2.75, 3.05) is 17.3 Å². The lowest BCUT2D eigenvalue weighted by molar-refractivity contribution is -0.120. The van der Waals surface area contributed by atoms with Crippen LogP contribution in [0.25, 0.3) is 5.57 Å². The van der Waals surface area contributed by atoms with E-state index in [-0.39, 0.29) is 17.5 Å². The Morgan fingerprint density at radius 3 is 2.12 bits per heavy atom. The number of nitrogens with zero attached hydrogens (tertiary/aromatic N) is 1. The van der Waals surface area contributed by atoms with Gasteiger partial charge in [0.05, 0.1) is 18.4 Å².